The highest BCUT2D eigenvalue weighted by Crippen LogP contribution is 2.17. The van der Waals surface area contributed by atoms with E-state index in [1.807, 2.05) is 37.3 Å². The molecule has 0 bridgehead atoms. The van der Waals surface area contributed by atoms with E-state index in [9.17, 15) is 9.59 Å². The number of carbonyl (C=O) groups excluding carboxylic acids is 2. The van der Waals surface area contributed by atoms with Crippen LogP contribution < -0.4 is 10.6 Å². The Bertz CT molecular complexity index is 656. The van der Waals surface area contributed by atoms with Gasteiger partial charge in [0.1, 0.15) is 6.61 Å². The van der Waals surface area contributed by atoms with Crippen LogP contribution in [0.4, 0.5) is 5.69 Å². The number of anilines is 1. The number of carbonyl (C=O) groups is 2. The van der Waals surface area contributed by atoms with Crippen LogP contribution in [0, 0.1) is 0 Å². The van der Waals surface area contributed by atoms with E-state index in [0.717, 1.165) is 5.56 Å². The lowest BCUT2D eigenvalue weighted by Gasteiger charge is -2.16. The average molecular weight is 298 g/mol. The summed E-state index contributed by atoms with van der Waals surface area (Å²) in [6.45, 7) is 1.26. The van der Waals surface area contributed by atoms with Gasteiger partial charge in [-0.05, 0) is 24.6 Å². The van der Waals surface area contributed by atoms with E-state index in [1.165, 1.54) is 0 Å². The number of benzene rings is 2. The Kier molecular flexibility index (Phi) is 5.27. The maximum atomic E-state index is 12.4. The van der Waals surface area contributed by atoms with Crippen molar-refractivity contribution < 1.29 is 14.7 Å². The molecule has 0 fully saturated rings. The fraction of sp³-hybridized carbons (Fsp3) is 0.176. The first-order chi connectivity index (χ1) is 10.6. The summed E-state index contributed by atoms with van der Waals surface area (Å²) in [6, 6.07) is 16.1. The molecule has 0 spiro atoms. The molecule has 2 amide bonds. The highest BCUT2D eigenvalue weighted by Gasteiger charge is 2.15. The monoisotopic (exact) mass is 298 g/mol. The summed E-state index contributed by atoms with van der Waals surface area (Å²) < 4.78 is 0. The van der Waals surface area contributed by atoms with Gasteiger partial charge in [0.25, 0.3) is 5.91 Å². The standard InChI is InChI=1S/C17H18N2O3/c1-12(13-7-3-2-4-8-13)18-17(22)14-9-5-6-10-15(14)19-16(21)11-20/h2-10,12,20H,11H2,1H3,(H,18,22)(H,19,21)/t12-/m0/s1. The van der Waals surface area contributed by atoms with E-state index < -0.39 is 12.5 Å². The molecule has 2 rings (SSSR count). The number of para-hydroxylation sites is 1. The molecular weight excluding hydrogens is 280 g/mol. The molecule has 0 heterocycles. The van der Waals surface area contributed by atoms with E-state index in [1.54, 1.807) is 24.3 Å². The molecule has 5 nitrogen and oxygen atoms in total. The van der Waals surface area contributed by atoms with Crippen LogP contribution in [0.25, 0.3) is 0 Å². The number of aliphatic hydroxyl groups is 1. The van der Waals surface area contributed by atoms with E-state index in [2.05, 4.69) is 10.6 Å². The summed E-state index contributed by atoms with van der Waals surface area (Å²) in [6.07, 6.45) is 0. The van der Waals surface area contributed by atoms with Crippen LogP contribution >= 0.6 is 0 Å². The van der Waals surface area contributed by atoms with Crippen molar-refractivity contribution in [2.75, 3.05) is 11.9 Å². The Hall–Kier alpha value is -2.66. The molecular formula is C17H18N2O3. The van der Waals surface area contributed by atoms with Crippen LogP contribution in [0.15, 0.2) is 54.6 Å². The maximum Gasteiger partial charge on any atom is 0.253 e. The first kappa shape index (κ1) is 15.7. The zero-order chi connectivity index (χ0) is 15.9. The molecule has 0 unspecified atom stereocenters. The van der Waals surface area contributed by atoms with Gasteiger partial charge < -0.3 is 15.7 Å². The minimum atomic E-state index is -0.629. The molecule has 0 saturated heterocycles. The minimum Gasteiger partial charge on any atom is -0.387 e. The Balaban J connectivity index is 2.14. The second-order valence-corrected chi connectivity index (χ2v) is 4.86. The SMILES string of the molecule is C[C@H](NC(=O)c1ccccc1NC(=O)CO)c1ccccc1. The molecule has 114 valence electrons. The Morgan fingerprint density at radius 1 is 1.05 bits per heavy atom. The first-order valence-corrected chi connectivity index (χ1v) is 6.97. The number of hydrogen-bond acceptors (Lipinski definition) is 3. The fourth-order valence-corrected chi connectivity index (χ4v) is 2.08. The van der Waals surface area contributed by atoms with Crippen LogP contribution in [0.3, 0.4) is 0 Å². The van der Waals surface area contributed by atoms with Crippen molar-refractivity contribution in [2.45, 2.75) is 13.0 Å². The summed E-state index contributed by atoms with van der Waals surface area (Å²) in [5, 5.41) is 14.2. The molecule has 2 aromatic rings. The Morgan fingerprint density at radius 3 is 2.36 bits per heavy atom. The summed E-state index contributed by atoms with van der Waals surface area (Å²) in [5.74, 6) is -0.846. The van der Waals surface area contributed by atoms with E-state index in [0.29, 0.717) is 11.3 Å². The molecule has 0 aromatic heterocycles. The van der Waals surface area contributed by atoms with Crippen LogP contribution in [0.2, 0.25) is 0 Å². The quantitative estimate of drug-likeness (QED) is 0.791. The number of aliphatic hydroxyl groups excluding tert-OH is 1. The predicted molar refractivity (Wildman–Crippen MR) is 84.5 cm³/mol. The molecule has 1 atom stereocenters. The third kappa shape index (κ3) is 3.93. The topological polar surface area (TPSA) is 78.4 Å². The molecule has 0 aliphatic carbocycles. The van der Waals surface area contributed by atoms with Crippen molar-refractivity contribution in [3.05, 3.63) is 65.7 Å². The van der Waals surface area contributed by atoms with Gasteiger partial charge in [0, 0.05) is 0 Å². The molecule has 0 radical (unpaired) electrons. The molecule has 0 saturated carbocycles. The van der Waals surface area contributed by atoms with Gasteiger partial charge in [-0.15, -0.1) is 0 Å². The number of hydrogen-bond donors (Lipinski definition) is 3. The normalized spacial score (nSPS) is 11.5. The van der Waals surface area contributed by atoms with Gasteiger partial charge in [0.2, 0.25) is 5.91 Å². The first-order valence-electron chi connectivity index (χ1n) is 6.97. The molecule has 22 heavy (non-hydrogen) atoms. The molecule has 2 aromatic carbocycles. The van der Waals surface area contributed by atoms with Crippen LogP contribution in [0.5, 0.6) is 0 Å². The lowest BCUT2D eigenvalue weighted by atomic mass is 10.1. The third-order valence-corrected chi connectivity index (χ3v) is 3.24. The van der Waals surface area contributed by atoms with Crippen LogP contribution in [-0.4, -0.2) is 23.5 Å². The Morgan fingerprint density at radius 2 is 1.68 bits per heavy atom. The van der Waals surface area contributed by atoms with Gasteiger partial charge in [-0.3, -0.25) is 9.59 Å². The van der Waals surface area contributed by atoms with Gasteiger partial charge in [0.05, 0.1) is 17.3 Å². The van der Waals surface area contributed by atoms with Crippen molar-refractivity contribution >= 4 is 17.5 Å². The average Bonchev–Trinajstić information content (AvgIpc) is 2.55. The highest BCUT2D eigenvalue weighted by atomic mass is 16.3. The number of amides is 2. The second kappa shape index (κ2) is 7.38. The van der Waals surface area contributed by atoms with Crippen molar-refractivity contribution in [1.29, 1.82) is 0 Å². The summed E-state index contributed by atoms with van der Waals surface area (Å²) in [7, 11) is 0. The smallest absolute Gasteiger partial charge is 0.253 e. The zero-order valence-corrected chi connectivity index (χ0v) is 12.2. The third-order valence-electron chi connectivity index (χ3n) is 3.24. The van der Waals surface area contributed by atoms with Crippen molar-refractivity contribution in [2.24, 2.45) is 0 Å². The second-order valence-electron chi connectivity index (χ2n) is 4.86. The van der Waals surface area contributed by atoms with Crippen molar-refractivity contribution in [1.82, 2.24) is 5.32 Å². The number of nitrogens with one attached hydrogen (secondary N) is 2. The van der Waals surface area contributed by atoms with Crippen LogP contribution in [-0.2, 0) is 4.79 Å². The highest BCUT2D eigenvalue weighted by molar-refractivity contribution is 6.04. The van der Waals surface area contributed by atoms with Crippen molar-refractivity contribution in [3.8, 4) is 0 Å². The molecule has 3 N–H and O–H groups in total. The van der Waals surface area contributed by atoms with Gasteiger partial charge in [-0.25, -0.2) is 0 Å². The summed E-state index contributed by atoms with van der Waals surface area (Å²) >= 11 is 0. The maximum absolute atomic E-state index is 12.4. The molecule has 0 aliphatic rings. The van der Waals surface area contributed by atoms with Gasteiger partial charge in [-0.1, -0.05) is 42.5 Å². The van der Waals surface area contributed by atoms with Gasteiger partial charge in [0.15, 0.2) is 0 Å². The lowest BCUT2D eigenvalue weighted by molar-refractivity contribution is -0.118. The van der Waals surface area contributed by atoms with Gasteiger partial charge in [-0.2, -0.15) is 0 Å². The largest absolute Gasteiger partial charge is 0.387 e. The molecule has 0 aliphatic heterocycles. The lowest BCUT2D eigenvalue weighted by Crippen LogP contribution is -2.28. The van der Waals surface area contributed by atoms with E-state index in [4.69, 9.17) is 5.11 Å². The number of rotatable bonds is 5. The van der Waals surface area contributed by atoms with Gasteiger partial charge >= 0.3 is 0 Å². The van der Waals surface area contributed by atoms with E-state index >= 15 is 0 Å². The minimum absolute atomic E-state index is 0.157. The van der Waals surface area contributed by atoms with Crippen molar-refractivity contribution in [3.63, 3.8) is 0 Å². The predicted octanol–water partition coefficient (Wildman–Crippen LogP) is 2.11. The summed E-state index contributed by atoms with van der Waals surface area (Å²) in [4.78, 5) is 23.7. The zero-order valence-electron chi connectivity index (χ0n) is 12.2. The van der Waals surface area contributed by atoms with Crippen LogP contribution in [0.1, 0.15) is 28.9 Å². The fourth-order valence-electron chi connectivity index (χ4n) is 2.08. The van der Waals surface area contributed by atoms with E-state index in [-0.39, 0.29) is 11.9 Å². The summed E-state index contributed by atoms with van der Waals surface area (Å²) in [5.41, 5.74) is 1.72. The molecule has 5 heteroatoms. The Labute approximate surface area is 129 Å².